The molecular weight excluding hydrogens is 266 g/mol. The lowest BCUT2D eigenvalue weighted by Crippen LogP contribution is -2.24. The third kappa shape index (κ3) is 2.88. The monoisotopic (exact) mass is 277 g/mol. The van der Waals surface area contributed by atoms with E-state index in [1.54, 1.807) is 7.05 Å². The molecule has 0 unspecified atom stereocenters. The van der Waals surface area contributed by atoms with Gasteiger partial charge in [-0.2, -0.15) is 5.10 Å². The zero-order chi connectivity index (χ0) is 14.7. The number of nitrogens with zero attached hydrogens (tertiary/aromatic N) is 4. The highest BCUT2D eigenvalue weighted by atomic mass is 16.6. The van der Waals surface area contributed by atoms with E-state index in [9.17, 15) is 20.0 Å². The number of nitro groups is 1. The van der Waals surface area contributed by atoms with Crippen LogP contribution in [0.25, 0.3) is 0 Å². The normalized spacial score (nSPS) is 10.2. The largest absolute Gasteiger partial charge is 0.508 e. The van der Waals surface area contributed by atoms with Crippen molar-refractivity contribution in [2.75, 3.05) is 0 Å². The number of aryl methyl sites for hydroxylation is 1. The molecule has 9 heteroatoms. The molecule has 1 aromatic carbocycles. The van der Waals surface area contributed by atoms with Gasteiger partial charge in [0.25, 0.3) is 11.6 Å². The molecule has 2 N–H and O–H groups in total. The maximum atomic E-state index is 11.9. The second kappa shape index (κ2) is 5.34. The molecule has 0 bridgehead atoms. The number of amides is 1. The summed E-state index contributed by atoms with van der Waals surface area (Å²) in [6.07, 6.45) is 1.47. The fourth-order valence-electron chi connectivity index (χ4n) is 1.58. The fourth-order valence-corrected chi connectivity index (χ4v) is 1.58. The van der Waals surface area contributed by atoms with Gasteiger partial charge in [0.15, 0.2) is 5.82 Å². The van der Waals surface area contributed by atoms with Gasteiger partial charge in [0.1, 0.15) is 17.6 Å². The van der Waals surface area contributed by atoms with E-state index >= 15 is 0 Å². The highest BCUT2D eigenvalue weighted by Gasteiger charge is 2.20. The van der Waals surface area contributed by atoms with Gasteiger partial charge in [-0.25, -0.2) is 4.98 Å². The Balaban J connectivity index is 2.16. The van der Waals surface area contributed by atoms with Crippen LogP contribution in [-0.2, 0) is 13.6 Å². The summed E-state index contributed by atoms with van der Waals surface area (Å²) >= 11 is 0. The number of phenols is 1. The summed E-state index contributed by atoms with van der Waals surface area (Å²) in [4.78, 5) is 26.0. The number of aromatic nitrogens is 3. The average molecular weight is 277 g/mol. The summed E-state index contributed by atoms with van der Waals surface area (Å²) in [7, 11) is 1.68. The SMILES string of the molecule is Cn1cnc(CNC(=O)c2cc(O)ccc2[N+](=O)[O-])n1. The van der Waals surface area contributed by atoms with Gasteiger partial charge in [0.2, 0.25) is 0 Å². The standard InChI is InChI=1S/C11H11N5O4/c1-15-6-13-10(14-15)5-12-11(18)8-4-7(17)2-3-9(8)16(19)20/h2-4,6,17H,5H2,1H3,(H,12,18). The van der Waals surface area contributed by atoms with Gasteiger partial charge in [-0.3, -0.25) is 19.6 Å². The van der Waals surface area contributed by atoms with E-state index in [0.717, 1.165) is 18.2 Å². The van der Waals surface area contributed by atoms with Crippen LogP contribution in [0.3, 0.4) is 0 Å². The smallest absolute Gasteiger partial charge is 0.282 e. The number of hydrogen-bond acceptors (Lipinski definition) is 6. The minimum atomic E-state index is -0.687. The molecule has 104 valence electrons. The van der Waals surface area contributed by atoms with Crippen LogP contribution in [0.15, 0.2) is 24.5 Å². The Bertz CT molecular complexity index is 667. The quantitative estimate of drug-likeness (QED) is 0.614. The Hall–Kier alpha value is -2.97. The number of carbonyl (C=O) groups excluding carboxylic acids is 1. The van der Waals surface area contributed by atoms with Crippen LogP contribution in [0.4, 0.5) is 5.69 Å². The predicted octanol–water partition coefficient (Wildman–Crippen LogP) is 0.359. The van der Waals surface area contributed by atoms with Gasteiger partial charge >= 0.3 is 0 Å². The van der Waals surface area contributed by atoms with Crippen LogP contribution >= 0.6 is 0 Å². The van der Waals surface area contributed by atoms with Crippen LogP contribution in [0.1, 0.15) is 16.2 Å². The van der Waals surface area contributed by atoms with E-state index in [1.807, 2.05) is 0 Å². The van der Waals surface area contributed by atoms with Crippen molar-refractivity contribution < 1.29 is 14.8 Å². The van der Waals surface area contributed by atoms with E-state index in [4.69, 9.17) is 0 Å². The van der Waals surface area contributed by atoms with Gasteiger partial charge in [-0.05, 0) is 12.1 Å². The summed E-state index contributed by atoms with van der Waals surface area (Å²) in [6, 6.07) is 3.26. The Morgan fingerprint density at radius 1 is 1.55 bits per heavy atom. The van der Waals surface area contributed by atoms with Crippen LogP contribution in [-0.4, -0.2) is 30.7 Å². The zero-order valence-electron chi connectivity index (χ0n) is 10.5. The Morgan fingerprint density at radius 3 is 2.90 bits per heavy atom. The molecule has 0 atom stereocenters. The minimum absolute atomic E-state index is 0.0342. The first-order chi connectivity index (χ1) is 9.47. The lowest BCUT2D eigenvalue weighted by atomic mass is 10.1. The van der Waals surface area contributed by atoms with Crippen LogP contribution in [0.5, 0.6) is 5.75 Å². The van der Waals surface area contributed by atoms with Gasteiger partial charge in [0.05, 0.1) is 11.5 Å². The molecule has 0 saturated carbocycles. The summed E-state index contributed by atoms with van der Waals surface area (Å²) in [6.45, 7) is 0.0342. The number of nitro benzene ring substituents is 1. The van der Waals surface area contributed by atoms with Crippen LogP contribution < -0.4 is 5.32 Å². The van der Waals surface area contributed by atoms with Gasteiger partial charge in [-0.1, -0.05) is 0 Å². The molecule has 2 aromatic rings. The maximum Gasteiger partial charge on any atom is 0.282 e. The van der Waals surface area contributed by atoms with E-state index in [1.165, 1.54) is 11.0 Å². The van der Waals surface area contributed by atoms with Crippen molar-refractivity contribution in [3.05, 3.63) is 46.0 Å². The topological polar surface area (TPSA) is 123 Å². The molecule has 20 heavy (non-hydrogen) atoms. The molecule has 2 rings (SSSR count). The number of benzene rings is 1. The molecule has 9 nitrogen and oxygen atoms in total. The zero-order valence-corrected chi connectivity index (χ0v) is 10.5. The molecule has 1 aromatic heterocycles. The van der Waals surface area contributed by atoms with Crippen molar-refractivity contribution >= 4 is 11.6 Å². The number of phenolic OH excluding ortho intramolecular Hbond substituents is 1. The van der Waals surface area contributed by atoms with E-state index in [0.29, 0.717) is 5.82 Å². The number of nitrogens with one attached hydrogen (secondary N) is 1. The Labute approximate surface area is 113 Å². The van der Waals surface area contributed by atoms with Crippen molar-refractivity contribution in [2.24, 2.45) is 7.05 Å². The molecule has 0 aliphatic heterocycles. The third-order valence-corrected chi connectivity index (χ3v) is 2.48. The number of hydrogen-bond donors (Lipinski definition) is 2. The molecule has 0 aliphatic carbocycles. The average Bonchev–Trinajstić information content (AvgIpc) is 2.81. The molecule has 0 saturated heterocycles. The molecule has 0 radical (unpaired) electrons. The highest BCUT2D eigenvalue weighted by molar-refractivity contribution is 5.98. The maximum absolute atomic E-state index is 11.9. The molecule has 0 fully saturated rings. The summed E-state index contributed by atoms with van der Waals surface area (Å²) in [5, 5.41) is 26.6. The Kier molecular flexibility index (Phi) is 3.60. The number of carbonyl (C=O) groups is 1. The van der Waals surface area contributed by atoms with Crippen molar-refractivity contribution in [3.63, 3.8) is 0 Å². The molecule has 0 spiro atoms. The number of rotatable bonds is 4. The summed E-state index contributed by atoms with van der Waals surface area (Å²) in [5.74, 6) is -0.527. The van der Waals surface area contributed by atoms with Crippen LogP contribution in [0, 0.1) is 10.1 Å². The van der Waals surface area contributed by atoms with Gasteiger partial charge in [-0.15, -0.1) is 0 Å². The predicted molar refractivity (Wildman–Crippen MR) is 66.9 cm³/mol. The molecule has 0 aliphatic rings. The lowest BCUT2D eigenvalue weighted by Gasteiger charge is -2.04. The highest BCUT2D eigenvalue weighted by Crippen LogP contribution is 2.23. The number of aromatic hydroxyl groups is 1. The lowest BCUT2D eigenvalue weighted by molar-refractivity contribution is -0.385. The first-order valence-electron chi connectivity index (χ1n) is 5.57. The minimum Gasteiger partial charge on any atom is -0.508 e. The first-order valence-corrected chi connectivity index (χ1v) is 5.57. The second-order valence-corrected chi connectivity index (χ2v) is 3.98. The van der Waals surface area contributed by atoms with Crippen LogP contribution in [0.2, 0.25) is 0 Å². The summed E-state index contributed by atoms with van der Waals surface area (Å²) < 4.78 is 1.47. The molecule has 1 amide bonds. The first kappa shape index (κ1) is 13.5. The van der Waals surface area contributed by atoms with Gasteiger partial charge < -0.3 is 10.4 Å². The van der Waals surface area contributed by atoms with E-state index in [2.05, 4.69) is 15.4 Å². The second-order valence-electron chi connectivity index (χ2n) is 3.98. The third-order valence-electron chi connectivity index (χ3n) is 2.48. The fraction of sp³-hybridized carbons (Fsp3) is 0.182. The van der Waals surface area contributed by atoms with Gasteiger partial charge in [0, 0.05) is 13.1 Å². The van der Waals surface area contributed by atoms with Crippen molar-refractivity contribution in [2.45, 2.75) is 6.54 Å². The van der Waals surface area contributed by atoms with E-state index < -0.39 is 10.8 Å². The van der Waals surface area contributed by atoms with E-state index in [-0.39, 0.29) is 23.5 Å². The van der Waals surface area contributed by atoms with Crippen molar-refractivity contribution in [3.8, 4) is 5.75 Å². The van der Waals surface area contributed by atoms with Crippen molar-refractivity contribution in [1.82, 2.24) is 20.1 Å². The molecule has 1 heterocycles. The van der Waals surface area contributed by atoms with Crippen molar-refractivity contribution in [1.29, 1.82) is 0 Å². The summed E-state index contributed by atoms with van der Waals surface area (Å²) in [5.41, 5.74) is -0.597. The Morgan fingerprint density at radius 2 is 2.30 bits per heavy atom. The molecular formula is C11H11N5O4.